The molecule has 5 nitrogen and oxygen atoms in total. The molecule has 0 aliphatic rings. The highest BCUT2D eigenvalue weighted by atomic mass is 32.2. The van der Waals surface area contributed by atoms with E-state index in [0.29, 0.717) is 5.69 Å². The molecule has 0 aliphatic carbocycles. The standard InChI is InChI=1S/C13H16FN3O2S2/c1-9-3-12(4-10(5-15)13(9)14)21(18,19)17(2)6-11-7-20-8-16-11/h3-4,7-8H,5-6,15H2,1-2H3. The van der Waals surface area contributed by atoms with Gasteiger partial charge in [0.2, 0.25) is 10.0 Å². The number of rotatable bonds is 5. The topological polar surface area (TPSA) is 76.3 Å². The van der Waals surface area contributed by atoms with E-state index >= 15 is 0 Å². The Morgan fingerprint density at radius 2 is 2.14 bits per heavy atom. The van der Waals surface area contributed by atoms with E-state index < -0.39 is 15.8 Å². The molecule has 0 saturated heterocycles. The maximum absolute atomic E-state index is 13.8. The summed E-state index contributed by atoms with van der Waals surface area (Å²) in [6, 6.07) is 2.61. The van der Waals surface area contributed by atoms with E-state index in [1.54, 1.807) is 10.9 Å². The lowest BCUT2D eigenvalue weighted by Crippen LogP contribution is -2.27. The fraction of sp³-hybridized carbons (Fsp3) is 0.308. The van der Waals surface area contributed by atoms with Crippen LogP contribution in [0.2, 0.25) is 0 Å². The first kappa shape index (κ1) is 16.0. The Morgan fingerprint density at radius 1 is 1.43 bits per heavy atom. The van der Waals surface area contributed by atoms with Crippen LogP contribution in [0.4, 0.5) is 4.39 Å². The average Bonchev–Trinajstić information content (AvgIpc) is 2.94. The van der Waals surface area contributed by atoms with Crippen molar-refractivity contribution in [2.24, 2.45) is 5.73 Å². The molecule has 0 saturated carbocycles. The second kappa shape index (κ2) is 6.18. The minimum atomic E-state index is -3.71. The number of hydrogen-bond acceptors (Lipinski definition) is 5. The quantitative estimate of drug-likeness (QED) is 0.908. The van der Waals surface area contributed by atoms with Gasteiger partial charge in [0.15, 0.2) is 0 Å². The van der Waals surface area contributed by atoms with Gasteiger partial charge in [-0.15, -0.1) is 11.3 Å². The van der Waals surface area contributed by atoms with Crippen LogP contribution in [0.3, 0.4) is 0 Å². The minimum Gasteiger partial charge on any atom is -0.326 e. The molecule has 1 heterocycles. The molecule has 2 N–H and O–H groups in total. The van der Waals surface area contributed by atoms with Crippen molar-refractivity contribution < 1.29 is 12.8 Å². The SMILES string of the molecule is Cc1cc(S(=O)(=O)N(C)Cc2cscn2)cc(CN)c1F. The van der Waals surface area contributed by atoms with E-state index in [0.717, 1.165) is 0 Å². The van der Waals surface area contributed by atoms with Crippen LogP contribution in [-0.2, 0) is 23.1 Å². The van der Waals surface area contributed by atoms with Gasteiger partial charge in [0.25, 0.3) is 0 Å². The van der Waals surface area contributed by atoms with Crippen molar-refractivity contribution in [3.05, 3.63) is 45.7 Å². The normalized spacial score (nSPS) is 12.0. The van der Waals surface area contributed by atoms with Crippen LogP contribution >= 0.6 is 11.3 Å². The van der Waals surface area contributed by atoms with Gasteiger partial charge in [-0.2, -0.15) is 4.31 Å². The van der Waals surface area contributed by atoms with Gasteiger partial charge in [0.1, 0.15) is 5.82 Å². The van der Waals surface area contributed by atoms with E-state index in [2.05, 4.69) is 4.98 Å². The third kappa shape index (κ3) is 3.29. The molecular formula is C13H16FN3O2S2. The van der Waals surface area contributed by atoms with E-state index in [4.69, 9.17) is 5.73 Å². The molecule has 0 spiro atoms. The van der Waals surface area contributed by atoms with Gasteiger partial charge in [0.05, 0.1) is 22.6 Å². The summed E-state index contributed by atoms with van der Waals surface area (Å²) in [5.74, 6) is -0.460. The molecule has 0 aliphatic heterocycles. The largest absolute Gasteiger partial charge is 0.326 e. The van der Waals surface area contributed by atoms with E-state index in [-0.39, 0.29) is 29.1 Å². The first-order chi connectivity index (χ1) is 9.86. The maximum atomic E-state index is 13.8. The zero-order chi connectivity index (χ0) is 15.6. The van der Waals surface area contributed by atoms with E-state index in [9.17, 15) is 12.8 Å². The number of thiazole rings is 1. The molecule has 0 bridgehead atoms. The Kier molecular flexibility index (Phi) is 4.72. The van der Waals surface area contributed by atoms with E-state index in [1.807, 2.05) is 0 Å². The molecule has 2 aromatic rings. The minimum absolute atomic E-state index is 0.0413. The van der Waals surface area contributed by atoms with Crippen molar-refractivity contribution in [1.82, 2.24) is 9.29 Å². The highest BCUT2D eigenvalue weighted by Crippen LogP contribution is 2.22. The van der Waals surface area contributed by atoms with Crippen LogP contribution in [0.25, 0.3) is 0 Å². The number of nitrogens with two attached hydrogens (primary N) is 1. The summed E-state index contributed by atoms with van der Waals surface area (Å²) in [5, 5.41) is 1.78. The lowest BCUT2D eigenvalue weighted by Gasteiger charge is -2.17. The fourth-order valence-corrected chi connectivity index (χ4v) is 3.74. The summed E-state index contributed by atoms with van der Waals surface area (Å²) in [5.41, 5.74) is 8.23. The molecule has 0 fully saturated rings. The first-order valence-corrected chi connectivity index (χ1v) is 8.57. The van der Waals surface area contributed by atoms with Crippen molar-refractivity contribution in [3.63, 3.8) is 0 Å². The van der Waals surface area contributed by atoms with Gasteiger partial charge in [0, 0.05) is 24.5 Å². The van der Waals surface area contributed by atoms with Crippen LogP contribution in [-0.4, -0.2) is 24.8 Å². The van der Waals surface area contributed by atoms with Gasteiger partial charge >= 0.3 is 0 Å². The Bertz CT molecular complexity index is 730. The number of nitrogens with zero attached hydrogens (tertiary/aromatic N) is 2. The summed E-state index contributed by atoms with van der Waals surface area (Å²) in [7, 11) is -2.24. The third-order valence-corrected chi connectivity index (χ3v) is 5.52. The molecule has 0 radical (unpaired) electrons. The number of aromatic nitrogens is 1. The Hall–Kier alpha value is -1.35. The monoisotopic (exact) mass is 329 g/mol. The zero-order valence-electron chi connectivity index (χ0n) is 11.7. The summed E-state index contributed by atoms with van der Waals surface area (Å²) >= 11 is 1.40. The fourth-order valence-electron chi connectivity index (χ4n) is 1.91. The molecule has 0 unspecified atom stereocenters. The van der Waals surface area contributed by atoms with Crippen LogP contribution in [0.5, 0.6) is 0 Å². The number of halogens is 1. The molecule has 0 amide bonds. The van der Waals surface area contributed by atoms with Crippen molar-refractivity contribution in [3.8, 4) is 0 Å². The lowest BCUT2D eigenvalue weighted by atomic mass is 10.1. The van der Waals surface area contributed by atoms with Gasteiger partial charge < -0.3 is 5.73 Å². The van der Waals surface area contributed by atoms with Gasteiger partial charge in [-0.1, -0.05) is 0 Å². The van der Waals surface area contributed by atoms with Crippen LogP contribution in [0.1, 0.15) is 16.8 Å². The zero-order valence-corrected chi connectivity index (χ0v) is 13.3. The van der Waals surface area contributed by atoms with Crippen molar-refractivity contribution in [2.75, 3.05) is 7.05 Å². The molecule has 0 atom stereocenters. The predicted octanol–water partition coefficient (Wildman–Crippen LogP) is 1.87. The average molecular weight is 329 g/mol. The van der Waals surface area contributed by atoms with Crippen LogP contribution in [0, 0.1) is 12.7 Å². The summed E-state index contributed by atoms with van der Waals surface area (Å²) in [4.78, 5) is 4.10. The molecule has 114 valence electrons. The van der Waals surface area contributed by atoms with Crippen molar-refractivity contribution in [2.45, 2.75) is 24.9 Å². The molecule has 8 heteroatoms. The highest BCUT2D eigenvalue weighted by molar-refractivity contribution is 7.89. The van der Waals surface area contributed by atoms with Gasteiger partial charge in [-0.25, -0.2) is 17.8 Å². The predicted molar refractivity (Wildman–Crippen MR) is 79.8 cm³/mol. The summed E-state index contributed by atoms with van der Waals surface area (Å²) in [6.07, 6.45) is 0. The Labute approximate surface area is 127 Å². The maximum Gasteiger partial charge on any atom is 0.243 e. The number of hydrogen-bond donors (Lipinski definition) is 1. The number of sulfonamides is 1. The second-order valence-electron chi connectivity index (χ2n) is 4.66. The summed E-state index contributed by atoms with van der Waals surface area (Å²) < 4.78 is 40.0. The van der Waals surface area contributed by atoms with Gasteiger partial charge in [-0.05, 0) is 24.6 Å². The van der Waals surface area contributed by atoms with Crippen molar-refractivity contribution in [1.29, 1.82) is 0 Å². The Balaban J connectivity index is 2.37. The Morgan fingerprint density at radius 3 is 2.71 bits per heavy atom. The number of benzene rings is 1. The molecule has 1 aromatic carbocycles. The second-order valence-corrected chi connectivity index (χ2v) is 7.42. The van der Waals surface area contributed by atoms with Crippen LogP contribution in [0.15, 0.2) is 27.9 Å². The van der Waals surface area contributed by atoms with Crippen LogP contribution < -0.4 is 5.73 Å². The first-order valence-electron chi connectivity index (χ1n) is 6.18. The molecule has 1 aromatic heterocycles. The van der Waals surface area contributed by atoms with Crippen molar-refractivity contribution >= 4 is 21.4 Å². The molecule has 2 rings (SSSR count). The summed E-state index contributed by atoms with van der Waals surface area (Å²) in [6.45, 7) is 1.64. The smallest absolute Gasteiger partial charge is 0.243 e. The third-order valence-electron chi connectivity index (χ3n) is 3.10. The molecule has 21 heavy (non-hydrogen) atoms. The lowest BCUT2D eigenvalue weighted by molar-refractivity contribution is 0.462. The van der Waals surface area contributed by atoms with E-state index in [1.165, 1.54) is 41.7 Å². The highest BCUT2D eigenvalue weighted by Gasteiger charge is 2.23. The molecular weight excluding hydrogens is 313 g/mol. The van der Waals surface area contributed by atoms with Gasteiger partial charge in [-0.3, -0.25) is 0 Å². The number of aryl methyl sites for hydroxylation is 1.